The second kappa shape index (κ2) is 8.87. The molecule has 20 heavy (non-hydrogen) atoms. The van der Waals surface area contributed by atoms with E-state index in [4.69, 9.17) is 14.6 Å². The largest absolute Gasteiger partial charge is 0.493 e. The number of carboxylic acid groups (broad SMARTS) is 1. The number of aliphatic carboxylic acids is 1. The first-order chi connectivity index (χ1) is 8.93. The Kier molecular flexibility index (Phi) is 8.34. The van der Waals surface area contributed by atoms with Gasteiger partial charge in [-0.3, -0.25) is 4.79 Å². The van der Waals surface area contributed by atoms with Crippen LogP contribution in [0, 0.1) is 5.92 Å². The molecule has 0 fully saturated rings. The van der Waals surface area contributed by atoms with Gasteiger partial charge in [0.15, 0.2) is 11.5 Å². The van der Waals surface area contributed by atoms with E-state index in [9.17, 15) is 9.59 Å². The number of rotatable bonds is 5. The molecule has 0 atom stereocenters. The summed E-state index contributed by atoms with van der Waals surface area (Å²) in [5.74, 6) is -0.937. The molecule has 5 nitrogen and oxygen atoms in total. The molecule has 1 radical (unpaired) electrons. The van der Waals surface area contributed by atoms with E-state index >= 15 is 0 Å². The summed E-state index contributed by atoms with van der Waals surface area (Å²) in [5.41, 5.74) is 0.642. The van der Waals surface area contributed by atoms with Crippen LogP contribution in [0.5, 0.6) is 11.5 Å². The molecular formula is C14H16O5Y. The molecule has 0 aliphatic carbocycles. The molecule has 1 rings (SSSR count). The fourth-order valence-electron chi connectivity index (χ4n) is 1.27. The molecule has 0 amide bonds. The van der Waals surface area contributed by atoms with Gasteiger partial charge in [0, 0.05) is 38.8 Å². The zero-order valence-corrected chi connectivity index (χ0v) is 14.5. The van der Waals surface area contributed by atoms with E-state index in [0.29, 0.717) is 17.1 Å². The monoisotopic (exact) mass is 353 g/mol. The minimum atomic E-state index is -1.03. The van der Waals surface area contributed by atoms with Crippen LogP contribution >= 0.6 is 0 Å². The summed E-state index contributed by atoms with van der Waals surface area (Å²) in [6.07, 6.45) is 2.45. The van der Waals surface area contributed by atoms with E-state index in [0.717, 1.165) is 6.08 Å². The first-order valence-corrected chi connectivity index (χ1v) is 5.74. The minimum Gasteiger partial charge on any atom is -0.493 e. The van der Waals surface area contributed by atoms with E-state index in [1.165, 1.54) is 13.2 Å². The third kappa shape index (κ3) is 5.84. The fraction of sp³-hybridized carbons (Fsp3) is 0.286. The Morgan fingerprint density at radius 2 is 1.90 bits per heavy atom. The van der Waals surface area contributed by atoms with Crippen molar-refractivity contribution >= 4 is 18.0 Å². The van der Waals surface area contributed by atoms with Crippen LogP contribution in [0.3, 0.4) is 0 Å². The molecule has 105 valence electrons. The Balaban J connectivity index is 0.00000361. The molecule has 0 saturated carbocycles. The van der Waals surface area contributed by atoms with Crippen molar-refractivity contribution in [3.05, 3.63) is 29.8 Å². The molecular weight excluding hydrogens is 337 g/mol. The number of carboxylic acids is 1. The average Bonchev–Trinajstić information content (AvgIpc) is 2.37. The molecule has 6 heteroatoms. The van der Waals surface area contributed by atoms with Crippen LogP contribution in [-0.2, 0) is 42.3 Å². The van der Waals surface area contributed by atoms with Crippen LogP contribution in [-0.4, -0.2) is 24.2 Å². The van der Waals surface area contributed by atoms with Gasteiger partial charge in [-0.1, -0.05) is 19.9 Å². The smallest absolute Gasteiger partial charge is 0.328 e. The van der Waals surface area contributed by atoms with Gasteiger partial charge in [0.25, 0.3) is 0 Å². The standard InChI is InChI=1S/C14H16O5.Y/c1-9(2)14(17)19-11-6-4-10(5-7-13(15)16)8-12(11)18-3;/h4-9H,1-3H3,(H,15,16);/b7-5+;. The van der Waals surface area contributed by atoms with E-state index in [-0.39, 0.29) is 44.6 Å². The quantitative estimate of drug-likeness (QED) is 0.500. The van der Waals surface area contributed by atoms with Gasteiger partial charge in [0.05, 0.1) is 13.0 Å². The first kappa shape index (κ1) is 18.8. The number of carbonyl (C=O) groups is 2. The van der Waals surface area contributed by atoms with Crippen LogP contribution < -0.4 is 9.47 Å². The number of ether oxygens (including phenoxy) is 2. The molecule has 0 spiro atoms. The molecule has 1 aromatic rings. The van der Waals surface area contributed by atoms with Crippen LogP contribution in [0.4, 0.5) is 0 Å². The van der Waals surface area contributed by atoms with Crippen molar-refractivity contribution in [1.82, 2.24) is 0 Å². The maximum atomic E-state index is 11.5. The fourth-order valence-corrected chi connectivity index (χ4v) is 1.27. The maximum absolute atomic E-state index is 11.5. The number of esters is 1. The van der Waals surface area contributed by atoms with Crippen molar-refractivity contribution < 1.29 is 56.9 Å². The van der Waals surface area contributed by atoms with Crippen molar-refractivity contribution in [2.45, 2.75) is 13.8 Å². The average molecular weight is 353 g/mol. The molecule has 0 saturated heterocycles. The Hall–Kier alpha value is -1.20. The number of hydrogen-bond acceptors (Lipinski definition) is 4. The zero-order chi connectivity index (χ0) is 14.4. The topological polar surface area (TPSA) is 72.8 Å². The SMILES string of the molecule is COc1cc(/C=C/C(=O)O)ccc1OC(=O)C(C)C.[Y]. The molecule has 0 aromatic heterocycles. The summed E-state index contributed by atoms with van der Waals surface area (Å²) < 4.78 is 10.3. The molecule has 1 N–H and O–H groups in total. The number of methoxy groups -OCH3 is 1. The molecule has 0 aliphatic rings. The van der Waals surface area contributed by atoms with Gasteiger partial charge < -0.3 is 14.6 Å². The summed E-state index contributed by atoms with van der Waals surface area (Å²) in [4.78, 5) is 21.9. The molecule has 0 heterocycles. The van der Waals surface area contributed by atoms with Crippen LogP contribution in [0.15, 0.2) is 24.3 Å². The second-order valence-electron chi connectivity index (χ2n) is 4.16. The van der Waals surface area contributed by atoms with Crippen molar-refractivity contribution in [1.29, 1.82) is 0 Å². The van der Waals surface area contributed by atoms with Gasteiger partial charge in [0.1, 0.15) is 0 Å². The van der Waals surface area contributed by atoms with Crippen LogP contribution in [0.2, 0.25) is 0 Å². The van der Waals surface area contributed by atoms with Crippen LogP contribution in [0.1, 0.15) is 19.4 Å². The Morgan fingerprint density at radius 3 is 2.40 bits per heavy atom. The number of carbonyl (C=O) groups excluding carboxylic acids is 1. The third-order valence-corrected chi connectivity index (χ3v) is 2.29. The Morgan fingerprint density at radius 1 is 1.25 bits per heavy atom. The second-order valence-corrected chi connectivity index (χ2v) is 4.16. The van der Waals surface area contributed by atoms with Gasteiger partial charge in [-0.05, 0) is 23.8 Å². The van der Waals surface area contributed by atoms with Gasteiger partial charge in [0.2, 0.25) is 0 Å². The van der Waals surface area contributed by atoms with Gasteiger partial charge in [-0.25, -0.2) is 4.79 Å². The third-order valence-electron chi connectivity index (χ3n) is 2.29. The van der Waals surface area contributed by atoms with Gasteiger partial charge >= 0.3 is 11.9 Å². The molecule has 0 unspecified atom stereocenters. The summed E-state index contributed by atoms with van der Waals surface area (Å²) in [6, 6.07) is 4.81. The summed E-state index contributed by atoms with van der Waals surface area (Å²) >= 11 is 0. The van der Waals surface area contributed by atoms with Crippen LogP contribution in [0.25, 0.3) is 6.08 Å². The number of benzene rings is 1. The van der Waals surface area contributed by atoms with E-state index < -0.39 is 5.97 Å². The van der Waals surface area contributed by atoms with E-state index in [1.54, 1.807) is 32.0 Å². The zero-order valence-electron chi connectivity index (χ0n) is 11.6. The number of hydrogen-bond donors (Lipinski definition) is 1. The van der Waals surface area contributed by atoms with Crippen molar-refractivity contribution in [2.24, 2.45) is 5.92 Å². The van der Waals surface area contributed by atoms with E-state index in [2.05, 4.69) is 0 Å². The minimum absolute atomic E-state index is 0. The molecule has 0 bridgehead atoms. The Labute approximate surface area is 142 Å². The van der Waals surface area contributed by atoms with Gasteiger partial charge in [-0.15, -0.1) is 0 Å². The summed E-state index contributed by atoms with van der Waals surface area (Å²) in [6.45, 7) is 3.47. The van der Waals surface area contributed by atoms with Gasteiger partial charge in [-0.2, -0.15) is 0 Å². The molecule has 1 aromatic carbocycles. The van der Waals surface area contributed by atoms with Crippen molar-refractivity contribution in [3.63, 3.8) is 0 Å². The predicted octanol–water partition coefficient (Wildman–Crippen LogP) is 2.35. The van der Waals surface area contributed by atoms with E-state index in [1.807, 2.05) is 0 Å². The Bertz CT molecular complexity index is 508. The summed E-state index contributed by atoms with van der Waals surface area (Å²) in [7, 11) is 1.45. The first-order valence-electron chi connectivity index (χ1n) is 5.74. The maximum Gasteiger partial charge on any atom is 0.328 e. The van der Waals surface area contributed by atoms with Crippen molar-refractivity contribution in [2.75, 3.05) is 7.11 Å². The molecule has 0 aliphatic heterocycles. The van der Waals surface area contributed by atoms with Crippen molar-refractivity contribution in [3.8, 4) is 11.5 Å². The normalized spacial score (nSPS) is 10.2. The predicted molar refractivity (Wildman–Crippen MR) is 70.1 cm³/mol. The summed E-state index contributed by atoms with van der Waals surface area (Å²) in [5, 5.41) is 8.55.